The van der Waals surface area contributed by atoms with Crippen molar-refractivity contribution in [3.05, 3.63) is 0 Å². The summed E-state index contributed by atoms with van der Waals surface area (Å²) in [5, 5.41) is 7.12. The van der Waals surface area contributed by atoms with Crippen LogP contribution < -0.4 is 0 Å². The van der Waals surface area contributed by atoms with Gasteiger partial charge in [0.2, 0.25) is 5.91 Å². The molecular formula is C20H31F3N2O5. The van der Waals surface area contributed by atoms with Crippen molar-refractivity contribution in [3.63, 3.8) is 0 Å². The first-order chi connectivity index (χ1) is 14.2. The third-order valence-corrected chi connectivity index (χ3v) is 6.51. The molecule has 172 valence electrons. The largest absolute Gasteiger partial charge is 0.490 e. The number of ether oxygens (including phenoxy) is 2. The molecule has 0 radical (unpaired) electrons. The lowest BCUT2D eigenvalue weighted by atomic mass is 9.88. The summed E-state index contributed by atoms with van der Waals surface area (Å²) in [4.78, 5) is 25.7. The number of nitrogens with zero attached hydrogens (tertiary/aromatic N) is 2. The first-order valence-electron chi connectivity index (χ1n) is 10.7. The van der Waals surface area contributed by atoms with Crippen LogP contribution in [0.4, 0.5) is 13.2 Å². The predicted molar refractivity (Wildman–Crippen MR) is 101 cm³/mol. The van der Waals surface area contributed by atoms with Crippen LogP contribution in [0.1, 0.15) is 44.9 Å². The minimum atomic E-state index is -5.08. The number of carbonyl (C=O) groups excluding carboxylic acids is 1. The Morgan fingerprint density at radius 1 is 1.17 bits per heavy atom. The molecule has 4 heterocycles. The number of carboxylic acid groups (broad SMARTS) is 1. The van der Waals surface area contributed by atoms with Gasteiger partial charge in [0.15, 0.2) is 0 Å². The summed E-state index contributed by atoms with van der Waals surface area (Å²) in [6.07, 6.45) is 2.31. The molecule has 2 atom stereocenters. The molecule has 4 aliphatic rings. The van der Waals surface area contributed by atoms with Crippen molar-refractivity contribution < 1.29 is 37.3 Å². The van der Waals surface area contributed by atoms with E-state index in [2.05, 4.69) is 9.80 Å². The van der Waals surface area contributed by atoms with Crippen molar-refractivity contribution in [2.75, 3.05) is 46.0 Å². The van der Waals surface area contributed by atoms with Crippen LogP contribution in [0.5, 0.6) is 0 Å². The maximum Gasteiger partial charge on any atom is 0.490 e. The number of alkyl halides is 3. The molecule has 0 bridgehead atoms. The predicted octanol–water partition coefficient (Wildman–Crippen LogP) is 2.29. The van der Waals surface area contributed by atoms with Gasteiger partial charge in [-0.05, 0) is 44.4 Å². The van der Waals surface area contributed by atoms with Gasteiger partial charge in [0.1, 0.15) is 0 Å². The minimum absolute atomic E-state index is 0.0109. The van der Waals surface area contributed by atoms with E-state index in [4.69, 9.17) is 19.4 Å². The van der Waals surface area contributed by atoms with E-state index in [0.29, 0.717) is 11.9 Å². The van der Waals surface area contributed by atoms with E-state index in [1.807, 2.05) is 0 Å². The molecule has 10 heteroatoms. The SMILES string of the molecule is O=C(O)C(F)(F)F.O=C1CCCN1[C@H]1CCO[C@]2(CCN(CC3CCOCC3)C2)C1. The van der Waals surface area contributed by atoms with Crippen LogP contribution in [-0.2, 0) is 19.1 Å². The van der Waals surface area contributed by atoms with Gasteiger partial charge >= 0.3 is 12.1 Å². The topological polar surface area (TPSA) is 79.3 Å². The van der Waals surface area contributed by atoms with Gasteiger partial charge in [-0.2, -0.15) is 13.2 Å². The van der Waals surface area contributed by atoms with Crippen molar-refractivity contribution in [1.82, 2.24) is 9.80 Å². The molecule has 0 aliphatic carbocycles. The standard InChI is InChI=1S/C18H30N2O3.C2HF3O2/c21-17-2-1-7-20(17)16-5-11-23-18(12-16)6-8-19(14-18)13-15-3-9-22-10-4-15;3-2(4,5)1(6)7/h15-16H,1-14H2;(H,6,7)/t16-,18+;/m0./s1. The summed E-state index contributed by atoms with van der Waals surface area (Å²) in [5.74, 6) is -1.60. The highest BCUT2D eigenvalue weighted by molar-refractivity contribution is 5.78. The molecule has 0 aromatic rings. The van der Waals surface area contributed by atoms with Gasteiger partial charge in [-0.3, -0.25) is 4.79 Å². The van der Waals surface area contributed by atoms with Crippen LogP contribution in [0.3, 0.4) is 0 Å². The lowest BCUT2D eigenvalue weighted by Gasteiger charge is -2.42. The van der Waals surface area contributed by atoms with E-state index in [9.17, 15) is 18.0 Å². The number of halogens is 3. The zero-order chi connectivity index (χ0) is 21.8. The fourth-order valence-electron chi connectivity index (χ4n) is 4.98. The average molecular weight is 436 g/mol. The van der Waals surface area contributed by atoms with E-state index in [1.165, 1.54) is 19.4 Å². The van der Waals surface area contributed by atoms with Gasteiger partial charge < -0.3 is 24.4 Å². The average Bonchev–Trinajstić information content (AvgIpc) is 3.29. The molecule has 4 aliphatic heterocycles. The van der Waals surface area contributed by atoms with Crippen molar-refractivity contribution >= 4 is 11.9 Å². The molecule has 4 rings (SSSR count). The highest BCUT2D eigenvalue weighted by atomic mass is 19.4. The van der Waals surface area contributed by atoms with Crippen LogP contribution in [0.15, 0.2) is 0 Å². The molecule has 1 N–H and O–H groups in total. The Labute approximate surface area is 174 Å². The molecule has 7 nitrogen and oxygen atoms in total. The van der Waals surface area contributed by atoms with E-state index >= 15 is 0 Å². The lowest BCUT2D eigenvalue weighted by molar-refractivity contribution is -0.192. The molecular weight excluding hydrogens is 405 g/mol. The Morgan fingerprint density at radius 2 is 1.87 bits per heavy atom. The molecule has 1 amide bonds. The number of hydrogen-bond acceptors (Lipinski definition) is 5. The molecule has 0 aromatic heterocycles. The Balaban J connectivity index is 0.000000318. The maximum absolute atomic E-state index is 12.1. The Morgan fingerprint density at radius 3 is 2.47 bits per heavy atom. The second-order valence-electron chi connectivity index (χ2n) is 8.71. The fraction of sp³-hybridized carbons (Fsp3) is 0.900. The van der Waals surface area contributed by atoms with Crippen LogP contribution in [-0.4, -0.2) is 90.6 Å². The quantitative estimate of drug-likeness (QED) is 0.732. The first kappa shape index (κ1) is 23.3. The van der Waals surface area contributed by atoms with Gasteiger partial charge in [-0.15, -0.1) is 0 Å². The molecule has 30 heavy (non-hydrogen) atoms. The lowest BCUT2D eigenvalue weighted by Crippen LogP contribution is -2.50. The molecule has 0 unspecified atom stereocenters. The molecule has 0 saturated carbocycles. The van der Waals surface area contributed by atoms with Crippen molar-refractivity contribution in [2.45, 2.75) is 62.8 Å². The number of rotatable bonds is 3. The summed E-state index contributed by atoms with van der Waals surface area (Å²) >= 11 is 0. The van der Waals surface area contributed by atoms with E-state index in [0.717, 1.165) is 77.5 Å². The Kier molecular flexibility index (Phi) is 7.62. The second-order valence-corrected chi connectivity index (χ2v) is 8.71. The number of hydrogen-bond donors (Lipinski definition) is 1. The zero-order valence-electron chi connectivity index (χ0n) is 17.2. The van der Waals surface area contributed by atoms with Gasteiger partial charge in [0, 0.05) is 58.5 Å². The van der Waals surface area contributed by atoms with Crippen LogP contribution in [0, 0.1) is 5.92 Å². The summed E-state index contributed by atoms with van der Waals surface area (Å²) in [7, 11) is 0. The van der Waals surface area contributed by atoms with Crippen LogP contribution >= 0.6 is 0 Å². The van der Waals surface area contributed by atoms with Gasteiger partial charge in [0.25, 0.3) is 0 Å². The summed E-state index contributed by atoms with van der Waals surface area (Å²) < 4.78 is 43.5. The smallest absolute Gasteiger partial charge is 0.475 e. The molecule has 4 fully saturated rings. The van der Waals surface area contributed by atoms with E-state index in [1.54, 1.807) is 0 Å². The highest BCUT2D eigenvalue weighted by Gasteiger charge is 2.46. The zero-order valence-corrected chi connectivity index (χ0v) is 17.2. The first-order valence-corrected chi connectivity index (χ1v) is 10.7. The number of carbonyl (C=O) groups is 2. The fourth-order valence-corrected chi connectivity index (χ4v) is 4.98. The van der Waals surface area contributed by atoms with Gasteiger partial charge in [0.05, 0.1) is 5.60 Å². The second kappa shape index (κ2) is 9.82. The third kappa shape index (κ3) is 6.07. The molecule has 1 spiro atoms. The Hall–Kier alpha value is -1.39. The monoisotopic (exact) mass is 436 g/mol. The highest BCUT2D eigenvalue weighted by Crippen LogP contribution is 2.37. The Bertz CT molecular complexity index is 612. The molecule has 4 saturated heterocycles. The van der Waals surface area contributed by atoms with Crippen molar-refractivity contribution in [1.29, 1.82) is 0 Å². The number of likely N-dealkylation sites (tertiary alicyclic amines) is 2. The van der Waals surface area contributed by atoms with Crippen molar-refractivity contribution in [2.24, 2.45) is 5.92 Å². The van der Waals surface area contributed by atoms with E-state index in [-0.39, 0.29) is 5.60 Å². The number of amides is 1. The van der Waals surface area contributed by atoms with Gasteiger partial charge in [-0.25, -0.2) is 4.79 Å². The third-order valence-electron chi connectivity index (χ3n) is 6.51. The van der Waals surface area contributed by atoms with Crippen molar-refractivity contribution in [3.8, 4) is 0 Å². The normalized spacial score (nSPS) is 31.1. The summed E-state index contributed by atoms with van der Waals surface area (Å²) in [6.45, 7) is 7.05. The summed E-state index contributed by atoms with van der Waals surface area (Å²) in [6, 6.07) is 0.418. The van der Waals surface area contributed by atoms with Crippen LogP contribution in [0.25, 0.3) is 0 Å². The minimum Gasteiger partial charge on any atom is -0.475 e. The van der Waals surface area contributed by atoms with E-state index < -0.39 is 12.1 Å². The summed E-state index contributed by atoms with van der Waals surface area (Å²) in [5.41, 5.74) is 0.0109. The number of aliphatic carboxylic acids is 1. The maximum atomic E-state index is 12.1. The molecule has 0 aromatic carbocycles. The van der Waals surface area contributed by atoms with Gasteiger partial charge in [-0.1, -0.05) is 0 Å². The van der Waals surface area contributed by atoms with Crippen LogP contribution in [0.2, 0.25) is 0 Å². The number of carboxylic acids is 1.